The first-order valence-electron chi connectivity index (χ1n) is 10.8. The van der Waals surface area contributed by atoms with Gasteiger partial charge in [-0.1, -0.05) is 18.2 Å². The van der Waals surface area contributed by atoms with E-state index in [9.17, 15) is 10.1 Å². The second-order valence-corrected chi connectivity index (χ2v) is 8.41. The van der Waals surface area contributed by atoms with E-state index < -0.39 is 0 Å². The van der Waals surface area contributed by atoms with Crippen molar-refractivity contribution in [3.05, 3.63) is 52.7 Å². The van der Waals surface area contributed by atoms with E-state index in [0.29, 0.717) is 5.56 Å². The molecule has 1 aliphatic carbocycles. The van der Waals surface area contributed by atoms with Gasteiger partial charge < -0.3 is 9.80 Å². The van der Waals surface area contributed by atoms with E-state index in [2.05, 4.69) is 29.2 Å². The fourth-order valence-corrected chi connectivity index (χ4v) is 5.07. The lowest BCUT2D eigenvalue weighted by Crippen LogP contribution is -2.42. The minimum atomic E-state index is 0.0561. The standard InChI is InChI=1S/C24H26N4O/c25-16-20-15-19-6-1-3-7-21(19)26-23(20)27-12-9-18(10-13-27)24(29)28-14-11-17-5-2-4-8-22(17)28/h2,4-5,8,15,18H,1,3,6-7,9-14H2. The summed E-state index contributed by atoms with van der Waals surface area (Å²) in [6.07, 6.45) is 7.00. The third kappa shape index (κ3) is 3.27. The molecule has 1 aromatic carbocycles. The number of carbonyl (C=O) groups is 1. The Kier molecular flexibility index (Phi) is 4.71. The summed E-state index contributed by atoms with van der Waals surface area (Å²) >= 11 is 0. The summed E-state index contributed by atoms with van der Waals surface area (Å²) in [7, 11) is 0. The Balaban J connectivity index is 1.30. The van der Waals surface area contributed by atoms with Gasteiger partial charge in [0.15, 0.2) is 0 Å². The maximum atomic E-state index is 13.2. The van der Waals surface area contributed by atoms with Crippen LogP contribution in [0.15, 0.2) is 30.3 Å². The van der Waals surface area contributed by atoms with Crippen LogP contribution in [0.1, 0.15) is 48.1 Å². The van der Waals surface area contributed by atoms with Crippen LogP contribution in [0.3, 0.4) is 0 Å². The summed E-state index contributed by atoms with van der Waals surface area (Å²) in [5, 5.41) is 9.65. The number of fused-ring (bicyclic) bond motifs is 2. The second kappa shape index (κ2) is 7.51. The molecule has 0 radical (unpaired) electrons. The third-order valence-corrected chi connectivity index (χ3v) is 6.70. The number of hydrogen-bond donors (Lipinski definition) is 0. The molecule has 5 heteroatoms. The largest absolute Gasteiger partial charge is 0.355 e. The van der Waals surface area contributed by atoms with E-state index in [0.717, 1.165) is 68.9 Å². The first-order valence-corrected chi connectivity index (χ1v) is 10.8. The molecule has 3 heterocycles. The van der Waals surface area contributed by atoms with Crippen molar-refractivity contribution in [1.29, 1.82) is 5.26 Å². The van der Waals surface area contributed by atoms with Crippen LogP contribution in [0.25, 0.3) is 0 Å². The Morgan fingerprint density at radius 3 is 2.66 bits per heavy atom. The normalized spacial score (nSPS) is 18.9. The Labute approximate surface area is 172 Å². The Bertz CT molecular complexity index is 985. The minimum absolute atomic E-state index is 0.0561. The first kappa shape index (κ1) is 18.2. The van der Waals surface area contributed by atoms with E-state index in [1.54, 1.807) is 0 Å². The molecule has 148 valence electrons. The van der Waals surface area contributed by atoms with Crippen LogP contribution in [0.4, 0.5) is 11.5 Å². The lowest BCUT2D eigenvalue weighted by atomic mass is 9.93. The van der Waals surface area contributed by atoms with Crippen LogP contribution >= 0.6 is 0 Å². The van der Waals surface area contributed by atoms with E-state index in [4.69, 9.17) is 4.98 Å². The van der Waals surface area contributed by atoms with Crippen molar-refractivity contribution in [3.63, 3.8) is 0 Å². The highest BCUT2D eigenvalue weighted by atomic mass is 16.2. The van der Waals surface area contributed by atoms with Crippen molar-refractivity contribution in [1.82, 2.24) is 4.98 Å². The molecule has 0 atom stereocenters. The Hall–Kier alpha value is -2.87. The number of pyridine rings is 1. The van der Waals surface area contributed by atoms with E-state index in [1.807, 2.05) is 17.0 Å². The average Bonchev–Trinajstić information content (AvgIpc) is 3.22. The highest BCUT2D eigenvalue weighted by molar-refractivity contribution is 5.97. The summed E-state index contributed by atoms with van der Waals surface area (Å²) in [5.74, 6) is 1.14. The maximum absolute atomic E-state index is 13.2. The predicted molar refractivity (Wildman–Crippen MR) is 113 cm³/mol. The lowest BCUT2D eigenvalue weighted by molar-refractivity contribution is -0.122. The van der Waals surface area contributed by atoms with Gasteiger partial charge >= 0.3 is 0 Å². The summed E-state index contributed by atoms with van der Waals surface area (Å²) in [6.45, 7) is 2.36. The van der Waals surface area contributed by atoms with Gasteiger partial charge in [0.2, 0.25) is 5.91 Å². The molecule has 1 amide bonds. The fraction of sp³-hybridized carbons (Fsp3) is 0.458. The molecular formula is C24H26N4O. The van der Waals surface area contributed by atoms with Gasteiger partial charge in [-0.2, -0.15) is 5.26 Å². The van der Waals surface area contributed by atoms with Crippen LogP contribution in [0.2, 0.25) is 0 Å². The zero-order chi connectivity index (χ0) is 19.8. The van der Waals surface area contributed by atoms with E-state index >= 15 is 0 Å². The molecule has 5 nitrogen and oxygen atoms in total. The van der Waals surface area contributed by atoms with Crippen molar-refractivity contribution >= 4 is 17.4 Å². The molecule has 0 bridgehead atoms. The zero-order valence-electron chi connectivity index (χ0n) is 16.7. The number of carbonyl (C=O) groups excluding carboxylic acids is 1. The molecule has 0 N–H and O–H groups in total. The number of amides is 1. The van der Waals surface area contributed by atoms with Gasteiger partial charge in [0.1, 0.15) is 11.9 Å². The van der Waals surface area contributed by atoms with Gasteiger partial charge in [-0.05, 0) is 68.2 Å². The van der Waals surface area contributed by atoms with Gasteiger partial charge in [-0.15, -0.1) is 0 Å². The number of nitriles is 1. The smallest absolute Gasteiger partial charge is 0.230 e. The third-order valence-electron chi connectivity index (χ3n) is 6.70. The molecule has 29 heavy (non-hydrogen) atoms. The van der Waals surface area contributed by atoms with Crippen LogP contribution < -0.4 is 9.80 Å². The monoisotopic (exact) mass is 386 g/mol. The zero-order valence-corrected chi connectivity index (χ0v) is 16.7. The number of benzene rings is 1. The molecule has 0 unspecified atom stereocenters. The number of hydrogen-bond acceptors (Lipinski definition) is 4. The highest BCUT2D eigenvalue weighted by Gasteiger charge is 2.33. The van der Waals surface area contributed by atoms with Crippen LogP contribution in [0.5, 0.6) is 0 Å². The van der Waals surface area contributed by atoms with Gasteiger partial charge in [-0.25, -0.2) is 4.98 Å². The molecule has 3 aliphatic rings. The summed E-state index contributed by atoms with van der Waals surface area (Å²) in [6, 6.07) is 12.6. The van der Waals surface area contributed by atoms with Crippen molar-refractivity contribution < 1.29 is 4.79 Å². The lowest BCUT2D eigenvalue weighted by Gasteiger charge is -2.35. The van der Waals surface area contributed by atoms with Crippen molar-refractivity contribution in [3.8, 4) is 6.07 Å². The molecule has 0 saturated carbocycles. The molecule has 2 aromatic rings. The first-order chi connectivity index (χ1) is 14.2. The van der Waals surface area contributed by atoms with Crippen molar-refractivity contribution in [2.24, 2.45) is 5.92 Å². The predicted octanol–water partition coefficient (Wildman–Crippen LogP) is 3.64. The van der Waals surface area contributed by atoms with Gasteiger partial charge in [0.25, 0.3) is 0 Å². The van der Waals surface area contributed by atoms with Crippen LogP contribution in [-0.2, 0) is 24.1 Å². The Morgan fingerprint density at radius 1 is 1.03 bits per heavy atom. The number of piperidine rings is 1. The number of anilines is 2. The topological polar surface area (TPSA) is 60.2 Å². The number of para-hydroxylation sites is 1. The number of rotatable bonds is 2. The summed E-state index contributed by atoms with van der Waals surface area (Å²) in [4.78, 5) is 22.3. The quantitative estimate of drug-likeness (QED) is 0.791. The van der Waals surface area contributed by atoms with Gasteiger partial charge in [0, 0.05) is 36.9 Å². The maximum Gasteiger partial charge on any atom is 0.230 e. The SMILES string of the molecule is N#Cc1cc2c(nc1N1CCC(C(=O)N3CCc4ccccc43)CC1)CCCC2. The molecule has 1 aromatic heterocycles. The number of nitrogens with zero attached hydrogens (tertiary/aromatic N) is 4. The fourth-order valence-electron chi connectivity index (χ4n) is 5.07. The molecule has 2 aliphatic heterocycles. The van der Waals surface area contributed by atoms with Crippen LogP contribution in [0, 0.1) is 17.2 Å². The minimum Gasteiger partial charge on any atom is -0.355 e. The van der Waals surface area contributed by atoms with Crippen molar-refractivity contribution in [2.75, 3.05) is 29.4 Å². The van der Waals surface area contributed by atoms with E-state index in [1.165, 1.54) is 24.0 Å². The number of aromatic nitrogens is 1. The molecule has 5 rings (SSSR count). The van der Waals surface area contributed by atoms with Gasteiger partial charge in [0.05, 0.1) is 5.56 Å². The van der Waals surface area contributed by atoms with E-state index in [-0.39, 0.29) is 11.8 Å². The molecular weight excluding hydrogens is 360 g/mol. The Morgan fingerprint density at radius 2 is 1.83 bits per heavy atom. The van der Waals surface area contributed by atoms with Crippen molar-refractivity contribution in [2.45, 2.75) is 44.9 Å². The summed E-state index contributed by atoms with van der Waals surface area (Å²) < 4.78 is 0. The number of aryl methyl sites for hydroxylation is 2. The highest BCUT2D eigenvalue weighted by Crippen LogP contribution is 2.33. The molecule has 1 fully saturated rings. The second-order valence-electron chi connectivity index (χ2n) is 8.41. The van der Waals surface area contributed by atoms with Gasteiger partial charge in [-0.3, -0.25) is 4.79 Å². The molecule has 1 saturated heterocycles. The molecule has 0 spiro atoms. The average molecular weight is 386 g/mol. The summed E-state index contributed by atoms with van der Waals surface area (Å²) in [5.41, 5.74) is 5.45. The van der Waals surface area contributed by atoms with Crippen LogP contribution in [-0.4, -0.2) is 30.5 Å².